The molecule has 1 atom stereocenters. The first-order chi connectivity index (χ1) is 10.4. The van der Waals surface area contributed by atoms with Crippen molar-refractivity contribution in [2.75, 3.05) is 11.9 Å². The second-order valence-corrected chi connectivity index (χ2v) is 6.19. The molecule has 122 valence electrons. The molecule has 2 N–H and O–H groups in total. The Bertz CT molecular complexity index is 480. The van der Waals surface area contributed by atoms with Gasteiger partial charge in [0, 0.05) is 25.1 Å². The highest BCUT2D eigenvalue weighted by Gasteiger charge is 2.13. The van der Waals surface area contributed by atoms with Crippen LogP contribution in [0.5, 0.6) is 0 Å². The molecule has 0 aromatic heterocycles. The van der Waals surface area contributed by atoms with E-state index in [0.717, 1.165) is 12.1 Å². The summed E-state index contributed by atoms with van der Waals surface area (Å²) in [5.41, 5.74) is 2.05. The van der Waals surface area contributed by atoms with Crippen LogP contribution in [0, 0.1) is 5.92 Å². The lowest BCUT2D eigenvalue weighted by atomic mass is 10.0. The maximum Gasteiger partial charge on any atom is 0.224 e. The van der Waals surface area contributed by atoms with Gasteiger partial charge in [0.2, 0.25) is 11.8 Å². The highest BCUT2D eigenvalue weighted by atomic mass is 16.2. The quantitative estimate of drug-likeness (QED) is 0.769. The molecule has 0 heterocycles. The average molecular weight is 304 g/mol. The average Bonchev–Trinajstić information content (AvgIpc) is 2.45. The van der Waals surface area contributed by atoms with E-state index < -0.39 is 0 Å². The topological polar surface area (TPSA) is 58.2 Å². The summed E-state index contributed by atoms with van der Waals surface area (Å²) in [7, 11) is 0. The van der Waals surface area contributed by atoms with Crippen molar-refractivity contribution in [2.45, 2.75) is 52.9 Å². The van der Waals surface area contributed by atoms with Gasteiger partial charge in [-0.25, -0.2) is 0 Å². The van der Waals surface area contributed by atoms with Crippen molar-refractivity contribution in [1.29, 1.82) is 0 Å². The number of hydrogen-bond donors (Lipinski definition) is 2. The molecule has 0 radical (unpaired) electrons. The molecular weight excluding hydrogens is 276 g/mol. The summed E-state index contributed by atoms with van der Waals surface area (Å²) in [6.07, 6.45) is 1.66. The van der Waals surface area contributed by atoms with Crippen molar-refractivity contribution in [2.24, 2.45) is 5.92 Å². The molecule has 4 nitrogen and oxygen atoms in total. The first kappa shape index (κ1) is 18.2. The summed E-state index contributed by atoms with van der Waals surface area (Å²) in [5, 5.41) is 5.72. The Labute approximate surface area is 133 Å². The van der Waals surface area contributed by atoms with E-state index in [1.54, 1.807) is 0 Å². The molecule has 0 spiro atoms. The molecule has 1 aromatic carbocycles. The van der Waals surface area contributed by atoms with Gasteiger partial charge in [-0.05, 0) is 36.0 Å². The largest absolute Gasteiger partial charge is 0.356 e. The van der Waals surface area contributed by atoms with Crippen LogP contribution < -0.4 is 10.6 Å². The molecule has 2 amide bonds. The zero-order valence-corrected chi connectivity index (χ0v) is 14.1. The maximum atomic E-state index is 12.0. The van der Waals surface area contributed by atoms with Gasteiger partial charge in [-0.15, -0.1) is 0 Å². The van der Waals surface area contributed by atoms with E-state index in [2.05, 4.69) is 24.5 Å². The van der Waals surface area contributed by atoms with Crippen molar-refractivity contribution < 1.29 is 9.59 Å². The Morgan fingerprint density at radius 3 is 2.14 bits per heavy atom. The van der Waals surface area contributed by atoms with Crippen LogP contribution in [0.1, 0.15) is 58.4 Å². The van der Waals surface area contributed by atoms with Crippen LogP contribution in [0.15, 0.2) is 24.3 Å². The second-order valence-electron chi connectivity index (χ2n) is 6.19. The number of carbonyl (C=O) groups excluding carboxylic acids is 2. The Morgan fingerprint density at radius 1 is 1.00 bits per heavy atom. The maximum absolute atomic E-state index is 12.0. The van der Waals surface area contributed by atoms with E-state index in [9.17, 15) is 9.59 Å². The molecule has 0 bridgehead atoms. The fraction of sp³-hybridized carbons (Fsp3) is 0.556. The molecule has 0 saturated heterocycles. The minimum Gasteiger partial charge on any atom is -0.356 e. The molecule has 22 heavy (non-hydrogen) atoms. The van der Waals surface area contributed by atoms with Crippen molar-refractivity contribution in [1.82, 2.24) is 5.32 Å². The van der Waals surface area contributed by atoms with Gasteiger partial charge in [0.15, 0.2) is 0 Å². The Balaban J connectivity index is 2.40. The smallest absolute Gasteiger partial charge is 0.224 e. The van der Waals surface area contributed by atoms with E-state index in [4.69, 9.17) is 0 Å². The Hall–Kier alpha value is -1.84. The van der Waals surface area contributed by atoms with E-state index >= 15 is 0 Å². The first-order valence-corrected chi connectivity index (χ1v) is 8.08. The number of carbonyl (C=O) groups is 2. The third-order valence-corrected chi connectivity index (χ3v) is 3.50. The monoisotopic (exact) mass is 304 g/mol. The standard InChI is InChI=1S/C18H28N2O2/c1-5-10-19-17(21)11-14(4)12-18(22)20-16-8-6-15(7-9-16)13(2)3/h6-9,13-14H,5,10-12H2,1-4H3,(H,19,21)(H,20,22). The SMILES string of the molecule is CCCNC(=O)CC(C)CC(=O)Nc1ccc(C(C)C)cc1. The summed E-state index contributed by atoms with van der Waals surface area (Å²) in [6, 6.07) is 7.90. The van der Waals surface area contributed by atoms with E-state index in [-0.39, 0.29) is 17.7 Å². The molecule has 1 rings (SSSR count). The van der Waals surface area contributed by atoms with Crippen LogP contribution in [0.2, 0.25) is 0 Å². The molecule has 0 saturated carbocycles. The summed E-state index contributed by atoms with van der Waals surface area (Å²) >= 11 is 0. The number of rotatable bonds is 8. The number of benzene rings is 1. The predicted octanol–water partition coefficient (Wildman–Crippen LogP) is 3.69. The van der Waals surface area contributed by atoms with Gasteiger partial charge in [-0.1, -0.05) is 39.8 Å². The van der Waals surface area contributed by atoms with Gasteiger partial charge in [0.1, 0.15) is 0 Å². The number of hydrogen-bond acceptors (Lipinski definition) is 2. The van der Waals surface area contributed by atoms with Crippen molar-refractivity contribution in [3.63, 3.8) is 0 Å². The molecule has 1 unspecified atom stereocenters. The van der Waals surface area contributed by atoms with Crippen LogP contribution in [-0.2, 0) is 9.59 Å². The summed E-state index contributed by atoms with van der Waals surface area (Å²) in [5.74, 6) is 0.481. The van der Waals surface area contributed by atoms with Crippen molar-refractivity contribution in [3.8, 4) is 0 Å². The number of anilines is 1. The molecule has 1 aromatic rings. The lowest BCUT2D eigenvalue weighted by Gasteiger charge is -2.12. The minimum absolute atomic E-state index is 0.0171. The molecule has 0 aliphatic heterocycles. The lowest BCUT2D eigenvalue weighted by Crippen LogP contribution is -2.26. The van der Waals surface area contributed by atoms with Crippen molar-refractivity contribution in [3.05, 3.63) is 29.8 Å². The van der Waals surface area contributed by atoms with Gasteiger partial charge in [-0.3, -0.25) is 9.59 Å². The molecule has 0 fully saturated rings. The van der Waals surface area contributed by atoms with Crippen LogP contribution >= 0.6 is 0 Å². The lowest BCUT2D eigenvalue weighted by molar-refractivity contribution is -0.122. The third-order valence-electron chi connectivity index (χ3n) is 3.50. The number of nitrogens with one attached hydrogen (secondary N) is 2. The Morgan fingerprint density at radius 2 is 1.59 bits per heavy atom. The summed E-state index contributed by atoms with van der Waals surface area (Å²) < 4.78 is 0. The predicted molar refractivity (Wildman–Crippen MR) is 90.9 cm³/mol. The van der Waals surface area contributed by atoms with Gasteiger partial charge in [-0.2, -0.15) is 0 Å². The second kappa shape index (κ2) is 9.23. The third kappa shape index (κ3) is 6.74. The van der Waals surface area contributed by atoms with Crippen molar-refractivity contribution >= 4 is 17.5 Å². The summed E-state index contributed by atoms with van der Waals surface area (Å²) in [4.78, 5) is 23.6. The molecule has 4 heteroatoms. The first-order valence-electron chi connectivity index (χ1n) is 8.08. The highest BCUT2D eigenvalue weighted by Crippen LogP contribution is 2.18. The van der Waals surface area contributed by atoms with E-state index in [1.807, 2.05) is 38.1 Å². The zero-order valence-electron chi connectivity index (χ0n) is 14.1. The van der Waals surface area contributed by atoms with Crippen LogP contribution in [0.4, 0.5) is 5.69 Å². The highest BCUT2D eigenvalue weighted by molar-refractivity contribution is 5.91. The van der Waals surface area contributed by atoms with Crippen LogP contribution in [-0.4, -0.2) is 18.4 Å². The van der Waals surface area contributed by atoms with Crippen LogP contribution in [0.25, 0.3) is 0 Å². The minimum atomic E-state index is -0.0481. The van der Waals surface area contributed by atoms with Crippen LogP contribution in [0.3, 0.4) is 0 Å². The Kier molecular flexibility index (Phi) is 7.64. The van der Waals surface area contributed by atoms with Gasteiger partial charge < -0.3 is 10.6 Å². The van der Waals surface area contributed by atoms with Gasteiger partial charge in [0.25, 0.3) is 0 Å². The van der Waals surface area contributed by atoms with E-state index in [0.29, 0.717) is 25.3 Å². The molecule has 0 aliphatic carbocycles. The fourth-order valence-electron chi connectivity index (χ4n) is 2.21. The molecule has 0 aliphatic rings. The fourth-order valence-corrected chi connectivity index (χ4v) is 2.21. The van der Waals surface area contributed by atoms with Gasteiger partial charge in [0.05, 0.1) is 0 Å². The zero-order chi connectivity index (χ0) is 16.5. The summed E-state index contributed by atoms with van der Waals surface area (Å²) in [6.45, 7) is 8.91. The normalized spacial score (nSPS) is 12.0. The molecular formula is C18H28N2O2. The van der Waals surface area contributed by atoms with E-state index in [1.165, 1.54) is 5.56 Å². The number of amides is 2. The van der Waals surface area contributed by atoms with Gasteiger partial charge >= 0.3 is 0 Å².